The van der Waals surface area contributed by atoms with Crippen LogP contribution >= 0.6 is 11.3 Å². The summed E-state index contributed by atoms with van der Waals surface area (Å²) in [6.07, 6.45) is 2.96. The lowest BCUT2D eigenvalue weighted by Crippen LogP contribution is -2.20. The normalized spacial score (nSPS) is 10.3. The van der Waals surface area contributed by atoms with Crippen LogP contribution in [0.15, 0.2) is 24.3 Å². The van der Waals surface area contributed by atoms with Crippen LogP contribution in [0.25, 0.3) is 0 Å². The molecule has 0 aliphatic rings. The predicted octanol–water partition coefficient (Wildman–Crippen LogP) is 2.81. The van der Waals surface area contributed by atoms with Crippen LogP contribution in [0.5, 0.6) is 5.75 Å². The number of hydrogen-bond acceptors (Lipinski definition) is 7. The number of nitro benzene ring substituents is 1. The number of rotatable bonds is 8. The molecule has 2 rings (SSSR count). The number of nitro groups is 1. The minimum Gasteiger partial charge on any atom is -0.484 e. The molecule has 0 spiro atoms. The molecule has 1 aromatic heterocycles. The predicted molar refractivity (Wildman–Crippen MR) is 85.7 cm³/mol. The van der Waals surface area contributed by atoms with Crippen LogP contribution in [-0.4, -0.2) is 27.6 Å². The molecule has 0 bridgehead atoms. The highest BCUT2D eigenvalue weighted by Gasteiger charge is 2.10. The molecule has 0 saturated heterocycles. The van der Waals surface area contributed by atoms with Gasteiger partial charge in [-0.1, -0.05) is 24.7 Å². The minimum absolute atomic E-state index is 0.0322. The van der Waals surface area contributed by atoms with Crippen molar-refractivity contribution < 1.29 is 14.5 Å². The molecule has 2 aromatic rings. The Labute approximate surface area is 136 Å². The van der Waals surface area contributed by atoms with Gasteiger partial charge in [0, 0.05) is 18.6 Å². The molecule has 0 aliphatic carbocycles. The zero-order chi connectivity index (χ0) is 16.7. The Morgan fingerprint density at radius 1 is 1.35 bits per heavy atom. The number of anilines is 1. The van der Waals surface area contributed by atoms with Gasteiger partial charge in [0.15, 0.2) is 6.61 Å². The maximum absolute atomic E-state index is 11.8. The Morgan fingerprint density at radius 2 is 2.09 bits per heavy atom. The minimum atomic E-state index is -0.498. The van der Waals surface area contributed by atoms with Crippen molar-refractivity contribution in [1.29, 1.82) is 0 Å². The van der Waals surface area contributed by atoms with Gasteiger partial charge in [0.25, 0.3) is 11.6 Å². The molecular formula is C14H16N4O4S. The van der Waals surface area contributed by atoms with Crippen molar-refractivity contribution in [3.63, 3.8) is 0 Å². The van der Waals surface area contributed by atoms with E-state index in [0.717, 1.165) is 24.3 Å². The number of aryl methyl sites for hydroxylation is 1. The fraction of sp³-hybridized carbons (Fsp3) is 0.357. The van der Waals surface area contributed by atoms with Gasteiger partial charge in [-0.25, -0.2) is 0 Å². The molecule has 1 heterocycles. The van der Waals surface area contributed by atoms with Crippen LogP contribution < -0.4 is 10.1 Å². The topological polar surface area (TPSA) is 107 Å². The second kappa shape index (κ2) is 8.18. The third kappa shape index (κ3) is 5.29. The van der Waals surface area contributed by atoms with E-state index in [1.54, 1.807) is 0 Å². The van der Waals surface area contributed by atoms with Gasteiger partial charge in [0.1, 0.15) is 10.8 Å². The lowest BCUT2D eigenvalue weighted by molar-refractivity contribution is -0.384. The average molecular weight is 336 g/mol. The number of ether oxygens (including phenoxy) is 1. The highest BCUT2D eigenvalue weighted by molar-refractivity contribution is 7.15. The summed E-state index contributed by atoms with van der Waals surface area (Å²) in [6, 6.07) is 5.52. The van der Waals surface area contributed by atoms with E-state index < -0.39 is 4.92 Å². The molecule has 1 aromatic carbocycles. The van der Waals surface area contributed by atoms with Crippen molar-refractivity contribution in [3.8, 4) is 5.75 Å². The Hall–Kier alpha value is -2.55. The first-order valence-corrected chi connectivity index (χ1v) is 7.89. The van der Waals surface area contributed by atoms with E-state index in [1.165, 1.54) is 35.6 Å². The molecule has 0 radical (unpaired) electrons. The highest BCUT2D eigenvalue weighted by Crippen LogP contribution is 2.18. The van der Waals surface area contributed by atoms with Crippen LogP contribution in [-0.2, 0) is 11.2 Å². The number of unbranched alkanes of at least 4 members (excludes halogenated alkanes) is 1. The Balaban J connectivity index is 1.80. The van der Waals surface area contributed by atoms with Crippen LogP contribution in [0.4, 0.5) is 10.8 Å². The standard InChI is InChI=1S/C14H16N4O4S/c1-2-3-4-13-16-17-14(23-13)15-12(19)9-22-11-7-5-10(6-8-11)18(20)21/h5-8H,2-4,9H2,1H3,(H,15,17,19). The third-order valence-electron chi connectivity index (χ3n) is 2.87. The van der Waals surface area contributed by atoms with E-state index in [9.17, 15) is 14.9 Å². The van der Waals surface area contributed by atoms with E-state index in [2.05, 4.69) is 22.4 Å². The SMILES string of the molecule is CCCCc1nnc(NC(=O)COc2ccc([N+](=O)[O-])cc2)s1. The van der Waals surface area contributed by atoms with Gasteiger partial charge in [0.2, 0.25) is 5.13 Å². The van der Waals surface area contributed by atoms with Crippen LogP contribution in [0, 0.1) is 10.1 Å². The van der Waals surface area contributed by atoms with E-state index >= 15 is 0 Å². The molecular weight excluding hydrogens is 320 g/mol. The highest BCUT2D eigenvalue weighted by atomic mass is 32.1. The van der Waals surface area contributed by atoms with Crippen molar-refractivity contribution in [3.05, 3.63) is 39.4 Å². The largest absolute Gasteiger partial charge is 0.484 e. The number of hydrogen-bond donors (Lipinski definition) is 1. The zero-order valence-corrected chi connectivity index (χ0v) is 13.3. The van der Waals surface area contributed by atoms with Gasteiger partial charge >= 0.3 is 0 Å². The number of carbonyl (C=O) groups excluding carboxylic acids is 1. The summed E-state index contributed by atoms with van der Waals surface area (Å²) in [5.74, 6) is 0.0215. The molecule has 0 fully saturated rings. The fourth-order valence-electron chi connectivity index (χ4n) is 1.70. The summed E-state index contributed by atoms with van der Waals surface area (Å²) >= 11 is 1.34. The van der Waals surface area contributed by atoms with Gasteiger partial charge in [-0.15, -0.1) is 10.2 Å². The summed E-state index contributed by atoms with van der Waals surface area (Å²) in [6.45, 7) is 1.89. The van der Waals surface area contributed by atoms with Crippen LogP contribution in [0.1, 0.15) is 24.8 Å². The maximum Gasteiger partial charge on any atom is 0.269 e. The second-order valence-electron chi connectivity index (χ2n) is 4.69. The fourth-order valence-corrected chi connectivity index (χ4v) is 2.50. The second-order valence-corrected chi connectivity index (χ2v) is 5.75. The molecule has 9 heteroatoms. The van der Waals surface area contributed by atoms with Crippen LogP contribution in [0.3, 0.4) is 0 Å². The van der Waals surface area contributed by atoms with Gasteiger partial charge in [0.05, 0.1) is 4.92 Å². The number of carbonyl (C=O) groups is 1. The van der Waals surface area contributed by atoms with Crippen molar-refractivity contribution in [2.24, 2.45) is 0 Å². The lowest BCUT2D eigenvalue weighted by atomic mass is 10.3. The average Bonchev–Trinajstić information content (AvgIpc) is 2.98. The molecule has 122 valence electrons. The molecule has 0 unspecified atom stereocenters. The summed E-state index contributed by atoms with van der Waals surface area (Å²) in [5.41, 5.74) is -0.0322. The number of non-ortho nitro benzene ring substituents is 1. The van der Waals surface area contributed by atoms with Gasteiger partial charge < -0.3 is 4.74 Å². The maximum atomic E-state index is 11.8. The molecule has 0 aliphatic heterocycles. The van der Waals surface area contributed by atoms with E-state index in [1.807, 2.05) is 0 Å². The van der Waals surface area contributed by atoms with Gasteiger partial charge in [-0.2, -0.15) is 0 Å². The zero-order valence-electron chi connectivity index (χ0n) is 12.5. The smallest absolute Gasteiger partial charge is 0.269 e. The van der Waals surface area contributed by atoms with Gasteiger partial charge in [-0.3, -0.25) is 20.2 Å². The van der Waals surface area contributed by atoms with Crippen molar-refractivity contribution >= 4 is 28.1 Å². The van der Waals surface area contributed by atoms with Crippen molar-refractivity contribution in [2.75, 3.05) is 11.9 Å². The molecule has 0 atom stereocenters. The van der Waals surface area contributed by atoms with E-state index in [0.29, 0.717) is 10.9 Å². The third-order valence-corrected chi connectivity index (χ3v) is 3.77. The molecule has 0 saturated carbocycles. The molecule has 1 amide bonds. The Morgan fingerprint density at radius 3 is 2.74 bits per heavy atom. The number of aromatic nitrogens is 2. The monoisotopic (exact) mass is 336 g/mol. The first kappa shape index (κ1) is 16.8. The van der Waals surface area contributed by atoms with E-state index in [-0.39, 0.29) is 18.2 Å². The molecule has 23 heavy (non-hydrogen) atoms. The summed E-state index contributed by atoms with van der Waals surface area (Å²) < 4.78 is 5.27. The quantitative estimate of drug-likeness (QED) is 0.586. The number of nitrogens with one attached hydrogen (secondary N) is 1. The van der Waals surface area contributed by atoms with Crippen molar-refractivity contribution in [1.82, 2.24) is 10.2 Å². The number of benzene rings is 1. The number of amides is 1. The summed E-state index contributed by atoms with van der Waals surface area (Å²) in [4.78, 5) is 21.8. The lowest BCUT2D eigenvalue weighted by Gasteiger charge is -2.05. The molecule has 8 nitrogen and oxygen atoms in total. The summed E-state index contributed by atoms with van der Waals surface area (Å²) in [5, 5.41) is 22.4. The molecule has 1 N–H and O–H groups in total. The first-order valence-electron chi connectivity index (χ1n) is 7.08. The Kier molecular flexibility index (Phi) is 5.98. The van der Waals surface area contributed by atoms with Crippen LogP contribution in [0.2, 0.25) is 0 Å². The van der Waals surface area contributed by atoms with E-state index in [4.69, 9.17) is 4.74 Å². The van der Waals surface area contributed by atoms with Crippen molar-refractivity contribution in [2.45, 2.75) is 26.2 Å². The van der Waals surface area contributed by atoms with Gasteiger partial charge in [-0.05, 0) is 18.6 Å². The summed E-state index contributed by atoms with van der Waals surface area (Å²) in [7, 11) is 0. The Bertz CT molecular complexity index is 672. The first-order chi connectivity index (χ1) is 11.1. The number of nitrogens with zero attached hydrogens (tertiary/aromatic N) is 3.